The van der Waals surface area contributed by atoms with Crippen LogP contribution in [-0.4, -0.2) is 44.7 Å². The third kappa shape index (κ3) is 6.58. The Bertz CT molecular complexity index is 850. The summed E-state index contributed by atoms with van der Waals surface area (Å²) in [4.78, 5) is 13.8. The number of nitrogens with zero attached hydrogens (tertiary/aromatic N) is 2. The molecule has 1 aromatic rings. The molecule has 1 aliphatic rings. The summed E-state index contributed by atoms with van der Waals surface area (Å²) in [7, 11) is -4.00. The minimum atomic E-state index is -4.00. The SMILES string of the molecule is CC(C)(C)OC(=O)N1CCC(COc2cccc(NS(N)(=O)=O)c2C#N)CC1. The lowest BCUT2D eigenvalue weighted by Gasteiger charge is -2.33. The number of nitrogens with one attached hydrogen (secondary N) is 1. The van der Waals surface area contributed by atoms with Crippen LogP contribution in [0.4, 0.5) is 10.5 Å². The van der Waals surface area contributed by atoms with Gasteiger partial charge in [0.1, 0.15) is 23.0 Å². The summed E-state index contributed by atoms with van der Waals surface area (Å²) in [6.45, 7) is 6.99. The predicted molar refractivity (Wildman–Crippen MR) is 104 cm³/mol. The van der Waals surface area contributed by atoms with Crippen molar-refractivity contribution in [2.75, 3.05) is 24.4 Å². The average molecular weight is 410 g/mol. The average Bonchev–Trinajstić information content (AvgIpc) is 2.57. The standard InChI is InChI=1S/C18H26N4O5S/c1-18(2,3)27-17(23)22-9-7-13(8-10-22)12-26-16-6-4-5-15(14(16)11-19)21-28(20,24)25/h4-6,13,21H,7-10,12H2,1-3H3,(H2,20,24,25). The highest BCUT2D eigenvalue weighted by atomic mass is 32.2. The van der Waals surface area contributed by atoms with E-state index in [-0.39, 0.29) is 29.0 Å². The van der Waals surface area contributed by atoms with E-state index < -0.39 is 15.8 Å². The molecule has 9 nitrogen and oxygen atoms in total. The number of benzene rings is 1. The first-order chi connectivity index (χ1) is 13.0. The molecule has 3 N–H and O–H groups in total. The molecule has 0 bridgehead atoms. The van der Waals surface area contributed by atoms with Crippen molar-refractivity contribution in [2.45, 2.75) is 39.2 Å². The second-order valence-electron chi connectivity index (χ2n) is 7.66. The lowest BCUT2D eigenvalue weighted by atomic mass is 9.98. The maximum Gasteiger partial charge on any atom is 0.410 e. The van der Waals surface area contributed by atoms with E-state index in [1.54, 1.807) is 17.0 Å². The monoisotopic (exact) mass is 410 g/mol. The Balaban J connectivity index is 1.93. The highest BCUT2D eigenvalue weighted by molar-refractivity contribution is 7.90. The van der Waals surface area contributed by atoms with Crippen LogP contribution in [0.5, 0.6) is 5.75 Å². The van der Waals surface area contributed by atoms with Gasteiger partial charge < -0.3 is 14.4 Å². The Morgan fingerprint density at radius 3 is 2.54 bits per heavy atom. The highest BCUT2D eigenvalue weighted by Crippen LogP contribution is 2.28. The molecule has 1 aliphatic heterocycles. The van der Waals surface area contributed by atoms with E-state index in [9.17, 15) is 18.5 Å². The van der Waals surface area contributed by atoms with Crippen LogP contribution < -0.4 is 14.6 Å². The number of hydrogen-bond donors (Lipinski definition) is 2. The summed E-state index contributed by atoms with van der Waals surface area (Å²) in [5.74, 6) is 0.491. The second-order valence-corrected chi connectivity index (χ2v) is 8.95. The first-order valence-corrected chi connectivity index (χ1v) is 10.5. The van der Waals surface area contributed by atoms with Crippen LogP contribution in [0, 0.1) is 17.2 Å². The molecular weight excluding hydrogens is 384 g/mol. The van der Waals surface area contributed by atoms with E-state index in [0.717, 1.165) is 12.8 Å². The summed E-state index contributed by atoms with van der Waals surface area (Å²) in [6, 6.07) is 6.56. The van der Waals surface area contributed by atoms with Gasteiger partial charge in [0.05, 0.1) is 12.3 Å². The van der Waals surface area contributed by atoms with Gasteiger partial charge >= 0.3 is 6.09 Å². The molecule has 2 rings (SSSR count). The molecule has 28 heavy (non-hydrogen) atoms. The predicted octanol–water partition coefficient (Wildman–Crippen LogP) is 2.20. The zero-order chi connectivity index (χ0) is 20.9. The molecule has 0 radical (unpaired) electrons. The van der Waals surface area contributed by atoms with Crippen LogP contribution in [0.15, 0.2) is 18.2 Å². The fourth-order valence-electron chi connectivity index (χ4n) is 2.82. The van der Waals surface area contributed by atoms with Crippen molar-refractivity contribution < 1.29 is 22.7 Å². The number of ether oxygens (including phenoxy) is 2. The molecule has 1 heterocycles. The van der Waals surface area contributed by atoms with Gasteiger partial charge in [-0.15, -0.1) is 0 Å². The number of likely N-dealkylation sites (tertiary alicyclic amines) is 1. The van der Waals surface area contributed by atoms with Gasteiger partial charge in [0.15, 0.2) is 0 Å². The summed E-state index contributed by atoms with van der Waals surface area (Å²) < 4.78 is 35.7. The minimum absolute atomic E-state index is 0.0715. The molecule has 0 aromatic heterocycles. The van der Waals surface area contributed by atoms with Crippen LogP contribution in [-0.2, 0) is 14.9 Å². The molecule has 0 aliphatic carbocycles. The first kappa shape index (κ1) is 21.8. The molecule has 0 spiro atoms. The molecule has 0 atom stereocenters. The summed E-state index contributed by atoms with van der Waals surface area (Å²) >= 11 is 0. The lowest BCUT2D eigenvalue weighted by Crippen LogP contribution is -2.42. The third-order valence-electron chi connectivity index (χ3n) is 4.13. The lowest BCUT2D eigenvalue weighted by molar-refractivity contribution is 0.0165. The number of piperidine rings is 1. The highest BCUT2D eigenvalue weighted by Gasteiger charge is 2.27. The molecule has 1 saturated heterocycles. The van der Waals surface area contributed by atoms with Crippen LogP contribution in [0.3, 0.4) is 0 Å². The van der Waals surface area contributed by atoms with Crippen molar-refractivity contribution in [1.82, 2.24) is 4.90 Å². The second kappa shape index (κ2) is 8.67. The van der Waals surface area contributed by atoms with E-state index in [0.29, 0.717) is 19.7 Å². The third-order valence-corrected chi connectivity index (χ3v) is 4.64. The number of carbonyl (C=O) groups excluding carboxylic acids is 1. The fraction of sp³-hybridized carbons (Fsp3) is 0.556. The van der Waals surface area contributed by atoms with Gasteiger partial charge in [0, 0.05) is 13.1 Å². The van der Waals surface area contributed by atoms with Gasteiger partial charge in [-0.1, -0.05) is 6.07 Å². The number of hydrogen-bond acceptors (Lipinski definition) is 6. The Morgan fingerprint density at radius 1 is 1.36 bits per heavy atom. The molecular formula is C18H26N4O5S. The number of rotatable bonds is 5. The van der Waals surface area contributed by atoms with Gasteiger partial charge in [0.2, 0.25) is 0 Å². The van der Waals surface area contributed by atoms with Gasteiger partial charge in [-0.25, -0.2) is 9.93 Å². The van der Waals surface area contributed by atoms with E-state index in [1.807, 2.05) is 26.8 Å². The van der Waals surface area contributed by atoms with Crippen molar-refractivity contribution in [3.63, 3.8) is 0 Å². The number of carbonyl (C=O) groups is 1. The number of nitrogens with two attached hydrogens (primary N) is 1. The minimum Gasteiger partial charge on any atom is -0.492 e. The van der Waals surface area contributed by atoms with Crippen molar-refractivity contribution in [3.05, 3.63) is 23.8 Å². The maximum absolute atomic E-state index is 12.1. The quantitative estimate of drug-likeness (QED) is 0.764. The van der Waals surface area contributed by atoms with Crippen LogP contribution >= 0.6 is 0 Å². The van der Waals surface area contributed by atoms with Crippen LogP contribution in [0.1, 0.15) is 39.2 Å². The van der Waals surface area contributed by atoms with Crippen molar-refractivity contribution >= 4 is 22.0 Å². The maximum atomic E-state index is 12.1. The van der Waals surface area contributed by atoms with Crippen molar-refractivity contribution in [1.29, 1.82) is 5.26 Å². The molecule has 1 amide bonds. The summed E-state index contributed by atoms with van der Waals surface area (Å²) in [6.07, 6.45) is 1.17. The number of nitriles is 1. The van der Waals surface area contributed by atoms with Crippen LogP contribution in [0.2, 0.25) is 0 Å². The normalized spacial score (nSPS) is 15.6. The van der Waals surface area contributed by atoms with E-state index >= 15 is 0 Å². The summed E-state index contributed by atoms with van der Waals surface area (Å²) in [5.41, 5.74) is -0.384. The molecule has 0 unspecified atom stereocenters. The Morgan fingerprint density at radius 2 is 2.00 bits per heavy atom. The Labute approximate surface area is 165 Å². The Kier molecular flexibility index (Phi) is 6.74. The first-order valence-electron chi connectivity index (χ1n) is 8.93. The molecule has 10 heteroatoms. The van der Waals surface area contributed by atoms with E-state index in [1.165, 1.54) is 6.07 Å². The zero-order valence-electron chi connectivity index (χ0n) is 16.3. The van der Waals surface area contributed by atoms with Gasteiger partial charge in [-0.3, -0.25) is 4.72 Å². The number of anilines is 1. The molecule has 0 saturated carbocycles. The summed E-state index contributed by atoms with van der Waals surface area (Å²) in [5, 5.41) is 14.3. The fourth-order valence-corrected chi connectivity index (χ4v) is 3.30. The topological polar surface area (TPSA) is 135 Å². The van der Waals surface area contributed by atoms with E-state index in [2.05, 4.69) is 4.72 Å². The van der Waals surface area contributed by atoms with Crippen LogP contribution in [0.25, 0.3) is 0 Å². The molecule has 1 aromatic carbocycles. The van der Waals surface area contributed by atoms with Gasteiger partial charge in [-0.2, -0.15) is 13.7 Å². The Hall–Kier alpha value is -2.51. The zero-order valence-corrected chi connectivity index (χ0v) is 17.1. The largest absolute Gasteiger partial charge is 0.492 e. The number of amides is 1. The van der Waals surface area contributed by atoms with Gasteiger partial charge in [-0.05, 0) is 51.7 Å². The molecule has 154 valence electrons. The van der Waals surface area contributed by atoms with Crippen molar-refractivity contribution in [3.8, 4) is 11.8 Å². The van der Waals surface area contributed by atoms with Crippen molar-refractivity contribution in [2.24, 2.45) is 11.1 Å². The molecule has 1 fully saturated rings. The smallest absolute Gasteiger partial charge is 0.410 e. The van der Waals surface area contributed by atoms with E-state index in [4.69, 9.17) is 14.6 Å². The van der Waals surface area contributed by atoms with Gasteiger partial charge in [0.25, 0.3) is 10.2 Å².